The fourth-order valence-electron chi connectivity index (χ4n) is 3.39. The first-order valence-corrected chi connectivity index (χ1v) is 13.1. The monoisotopic (exact) mass is 558 g/mol. The van der Waals surface area contributed by atoms with E-state index in [1.54, 1.807) is 13.8 Å². The first-order valence-electron chi connectivity index (χ1n) is 13.1. The van der Waals surface area contributed by atoms with E-state index in [1.807, 2.05) is 33.0 Å². The zero-order valence-electron chi connectivity index (χ0n) is 23.9. The Bertz CT molecular complexity index is 866. The zero-order valence-corrected chi connectivity index (χ0v) is 23.9. The van der Waals surface area contributed by atoms with Gasteiger partial charge in [-0.05, 0) is 31.1 Å². The number of amides is 5. The first-order chi connectivity index (χ1) is 18.0. The summed E-state index contributed by atoms with van der Waals surface area (Å²) >= 11 is 0. The minimum Gasteiger partial charge on any atom is -0.480 e. The third kappa shape index (κ3) is 12.9. The lowest BCUT2D eigenvalue weighted by atomic mass is 9.97. The van der Waals surface area contributed by atoms with Gasteiger partial charge < -0.3 is 42.5 Å². The Morgan fingerprint density at radius 2 is 1.36 bits per heavy atom. The molecule has 39 heavy (non-hydrogen) atoms. The standard InChI is InChI=1S/C25H46N6O8/c1-8-14(6)19(26)23(36)30-16(9-12(2)3)22(35)31-20(13(4)5)24(37)28-15(7)21(34)27-10-18(33)29-17(11-32)25(38)39/h12-17,19-20,32H,8-11,26H2,1-7H3,(H,27,34)(H,28,37)(H,29,33)(H,30,36)(H,31,35)(H,38,39)/t14-,15-,16-,17-,19-,20-/m0/s1. The highest BCUT2D eigenvalue weighted by Crippen LogP contribution is 2.10. The van der Waals surface area contributed by atoms with Crippen LogP contribution in [-0.2, 0) is 28.8 Å². The van der Waals surface area contributed by atoms with Crippen LogP contribution >= 0.6 is 0 Å². The van der Waals surface area contributed by atoms with Gasteiger partial charge in [0.2, 0.25) is 29.5 Å². The number of aliphatic hydroxyl groups is 1. The van der Waals surface area contributed by atoms with Crippen molar-refractivity contribution in [3.63, 3.8) is 0 Å². The van der Waals surface area contributed by atoms with Gasteiger partial charge in [-0.25, -0.2) is 4.79 Å². The van der Waals surface area contributed by atoms with Crippen LogP contribution in [0.2, 0.25) is 0 Å². The zero-order chi connectivity index (χ0) is 30.4. The summed E-state index contributed by atoms with van der Waals surface area (Å²) in [6, 6.07) is -5.36. The number of aliphatic hydroxyl groups excluding tert-OH is 1. The van der Waals surface area contributed by atoms with E-state index in [2.05, 4.69) is 21.3 Å². The van der Waals surface area contributed by atoms with Crippen molar-refractivity contribution in [2.45, 2.75) is 91.5 Å². The van der Waals surface area contributed by atoms with Crippen LogP contribution in [-0.4, -0.2) is 89.1 Å². The molecule has 5 amide bonds. The molecule has 0 saturated carbocycles. The summed E-state index contributed by atoms with van der Waals surface area (Å²) in [4.78, 5) is 73.8. The van der Waals surface area contributed by atoms with Crippen LogP contribution in [0.4, 0.5) is 0 Å². The Morgan fingerprint density at radius 1 is 0.769 bits per heavy atom. The number of rotatable bonds is 17. The van der Waals surface area contributed by atoms with Crippen molar-refractivity contribution in [1.82, 2.24) is 26.6 Å². The Hall–Kier alpha value is -3.26. The predicted octanol–water partition coefficient (Wildman–Crippen LogP) is -1.79. The smallest absolute Gasteiger partial charge is 0.328 e. The molecule has 0 aliphatic carbocycles. The minimum atomic E-state index is -1.52. The van der Waals surface area contributed by atoms with Crippen LogP contribution in [0.5, 0.6) is 0 Å². The molecule has 0 fully saturated rings. The normalized spacial score (nSPS) is 15.8. The third-order valence-corrected chi connectivity index (χ3v) is 6.14. The topological polar surface area (TPSA) is 229 Å². The molecule has 0 heterocycles. The number of nitrogens with two attached hydrogens (primary N) is 1. The molecule has 0 spiro atoms. The van der Waals surface area contributed by atoms with Crippen LogP contribution in [0, 0.1) is 17.8 Å². The number of hydrogen-bond acceptors (Lipinski definition) is 8. The van der Waals surface area contributed by atoms with Crippen molar-refractivity contribution in [2.24, 2.45) is 23.5 Å². The molecule has 0 rings (SSSR count). The second kappa shape index (κ2) is 17.4. The molecule has 0 saturated heterocycles. The predicted molar refractivity (Wildman–Crippen MR) is 143 cm³/mol. The molecule has 0 aromatic rings. The van der Waals surface area contributed by atoms with Crippen molar-refractivity contribution in [3.8, 4) is 0 Å². The minimum absolute atomic E-state index is 0.0521. The molecule has 0 aromatic carbocycles. The highest BCUT2D eigenvalue weighted by molar-refractivity contribution is 5.95. The summed E-state index contributed by atoms with van der Waals surface area (Å²) in [6.45, 7) is 10.9. The van der Waals surface area contributed by atoms with E-state index in [0.29, 0.717) is 12.8 Å². The summed E-state index contributed by atoms with van der Waals surface area (Å²) in [6.07, 6.45) is 1.00. The first kappa shape index (κ1) is 35.7. The Morgan fingerprint density at radius 3 is 1.82 bits per heavy atom. The van der Waals surface area contributed by atoms with Crippen LogP contribution in [0.3, 0.4) is 0 Å². The maximum Gasteiger partial charge on any atom is 0.328 e. The maximum atomic E-state index is 13.1. The van der Waals surface area contributed by atoms with E-state index in [0.717, 1.165) is 0 Å². The quantitative estimate of drug-likeness (QED) is 0.101. The van der Waals surface area contributed by atoms with Crippen molar-refractivity contribution in [2.75, 3.05) is 13.2 Å². The van der Waals surface area contributed by atoms with E-state index < -0.39 is 78.9 Å². The lowest BCUT2D eigenvalue weighted by Crippen LogP contribution is -2.59. The lowest BCUT2D eigenvalue weighted by Gasteiger charge is -2.28. The van der Waals surface area contributed by atoms with Crippen molar-refractivity contribution in [1.29, 1.82) is 0 Å². The number of nitrogens with one attached hydrogen (secondary N) is 5. The molecular weight excluding hydrogens is 512 g/mol. The van der Waals surface area contributed by atoms with Gasteiger partial charge in [0.15, 0.2) is 0 Å². The number of carbonyl (C=O) groups excluding carboxylic acids is 5. The fraction of sp³-hybridized carbons (Fsp3) is 0.760. The van der Waals surface area contributed by atoms with Gasteiger partial charge in [-0.15, -0.1) is 0 Å². The second-order valence-electron chi connectivity index (χ2n) is 10.4. The molecule has 14 heteroatoms. The van der Waals surface area contributed by atoms with Gasteiger partial charge in [-0.2, -0.15) is 0 Å². The van der Waals surface area contributed by atoms with Crippen LogP contribution in [0.1, 0.15) is 61.3 Å². The number of aliphatic carboxylic acids is 1. The number of carbonyl (C=O) groups is 6. The molecule has 0 aliphatic heterocycles. The second-order valence-corrected chi connectivity index (χ2v) is 10.4. The maximum absolute atomic E-state index is 13.1. The molecule has 0 radical (unpaired) electrons. The number of carboxylic acid groups (broad SMARTS) is 1. The molecular formula is C25H46N6O8. The van der Waals surface area contributed by atoms with E-state index in [4.69, 9.17) is 15.9 Å². The SMILES string of the molecule is CC[C@H](C)[C@H](N)C(=O)N[C@@H](CC(C)C)C(=O)N[C@H](C(=O)N[C@@H](C)C(=O)NCC(=O)N[C@@H](CO)C(=O)O)C(C)C. The van der Waals surface area contributed by atoms with Gasteiger partial charge in [0.1, 0.15) is 24.2 Å². The molecule has 0 bridgehead atoms. The van der Waals surface area contributed by atoms with Gasteiger partial charge in [0.25, 0.3) is 0 Å². The Balaban J connectivity index is 5.25. The van der Waals surface area contributed by atoms with Crippen molar-refractivity contribution < 1.29 is 39.0 Å². The molecule has 224 valence electrons. The van der Waals surface area contributed by atoms with E-state index in [-0.39, 0.29) is 17.8 Å². The fourth-order valence-corrected chi connectivity index (χ4v) is 3.39. The lowest BCUT2D eigenvalue weighted by molar-refractivity contribution is -0.142. The highest BCUT2D eigenvalue weighted by atomic mass is 16.4. The summed E-state index contributed by atoms with van der Waals surface area (Å²) in [7, 11) is 0. The number of hydrogen-bond donors (Lipinski definition) is 8. The highest BCUT2D eigenvalue weighted by Gasteiger charge is 2.32. The Kier molecular flexibility index (Phi) is 15.9. The molecule has 0 aromatic heterocycles. The average molecular weight is 559 g/mol. The van der Waals surface area contributed by atoms with Crippen molar-refractivity contribution in [3.05, 3.63) is 0 Å². The molecule has 14 nitrogen and oxygen atoms in total. The van der Waals surface area contributed by atoms with Crippen LogP contribution in [0.25, 0.3) is 0 Å². The summed E-state index contributed by atoms with van der Waals surface area (Å²) < 4.78 is 0. The van der Waals surface area contributed by atoms with Gasteiger partial charge >= 0.3 is 5.97 Å². The van der Waals surface area contributed by atoms with E-state index in [1.165, 1.54) is 6.92 Å². The third-order valence-electron chi connectivity index (χ3n) is 6.14. The largest absolute Gasteiger partial charge is 0.480 e. The number of carboxylic acids is 1. The molecule has 0 unspecified atom stereocenters. The Labute approximate surface area is 229 Å². The average Bonchev–Trinajstić information content (AvgIpc) is 2.86. The summed E-state index contributed by atoms with van der Waals surface area (Å²) in [5.74, 6) is -5.10. The molecule has 0 aliphatic rings. The summed E-state index contributed by atoms with van der Waals surface area (Å²) in [5.41, 5.74) is 6.01. The molecule has 6 atom stereocenters. The van der Waals surface area contributed by atoms with Crippen LogP contribution in [0.15, 0.2) is 0 Å². The van der Waals surface area contributed by atoms with E-state index in [9.17, 15) is 28.8 Å². The molecule has 9 N–H and O–H groups in total. The van der Waals surface area contributed by atoms with Gasteiger partial charge in [0, 0.05) is 0 Å². The van der Waals surface area contributed by atoms with Gasteiger partial charge in [0.05, 0.1) is 19.2 Å². The van der Waals surface area contributed by atoms with Gasteiger partial charge in [-0.3, -0.25) is 24.0 Å². The van der Waals surface area contributed by atoms with Gasteiger partial charge in [-0.1, -0.05) is 48.0 Å². The van der Waals surface area contributed by atoms with Crippen molar-refractivity contribution >= 4 is 35.5 Å². The summed E-state index contributed by atoms with van der Waals surface area (Å²) in [5, 5.41) is 30.0. The van der Waals surface area contributed by atoms with Crippen LogP contribution < -0.4 is 32.3 Å². The van der Waals surface area contributed by atoms with E-state index >= 15 is 0 Å².